The van der Waals surface area contributed by atoms with E-state index in [1.54, 1.807) is 13.4 Å². The van der Waals surface area contributed by atoms with Gasteiger partial charge >= 0.3 is 0 Å². The number of nitrogens with one attached hydrogen (secondary N) is 1. The molecule has 0 aliphatic carbocycles. The summed E-state index contributed by atoms with van der Waals surface area (Å²) in [5.41, 5.74) is 3.13. The number of anilines is 2. The van der Waals surface area contributed by atoms with Crippen LogP contribution in [0.5, 0.6) is 5.75 Å². The molecule has 0 aliphatic heterocycles. The van der Waals surface area contributed by atoms with Gasteiger partial charge in [-0.25, -0.2) is 9.97 Å². The Morgan fingerprint density at radius 3 is 2.93 bits per heavy atom. The summed E-state index contributed by atoms with van der Waals surface area (Å²) in [7, 11) is 1.64. The monoisotopic (exact) mass is 407 g/mol. The summed E-state index contributed by atoms with van der Waals surface area (Å²) in [6.45, 7) is 0. The van der Waals surface area contributed by atoms with Crippen LogP contribution >= 0.6 is 23.1 Å². The van der Waals surface area contributed by atoms with E-state index < -0.39 is 0 Å². The van der Waals surface area contributed by atoms with Crippen LogP contribution in [0, 0.1) is 0 Å². The molecule has 7 nitrogen and oxygen atoms in total. The van der Waals surface area contributed by atoms with E-state index in [4.69, 9.17) is 9.15 Å². The normalized spacial score (nSPS) is 11.2. The second kappa shape index (κ2) is 7.10. The summed E-state index contributed by atoms with van der Waals surface area (Å²) < 4.78 is 12.0. The highest BCUT2D eigenvalue weighted by Gasteiger charge is 2.16. The number of para-hydroxylation sites is 1. The van der Waals surface area contributed by atoms with Crippen LogP contribution in [0.3, 0.4) is 0 Å². The van der Waals surface area contributed by atoms with Gasteiger partial charge in [0.25, 0.3) is 0 Å². The highest BCUT2D eigenvalue weighted by atomic mass is 32.2. The lowest BCUT2D eigenvalue weighted by atomic mass is 10.2. The van der Waals surface area contributed by atoms with Crippen molar-refractivity contribution in [2.75, 3.05) is 12.4 Å². The first-order valence-electron chi connectivity index (χ1n) is 8.35. The number of benzene rings is 2. The van der Waals surface area contributed by atoms with E-state index in [1.807, 2.05) is 48.5 Å². The molecule has 0 unspecified atom stereocenters. The summed E-state index contributed by atoms with van der Waals surface area (Å²) in [6, 6.07) is 15.5. The van der Waals surface area contributed by atoms with E-state index >= 15 is 0 Å². The van der Waals surface area contributed by atoms with Crippen molar-refractivity contribution in [3.05, 3.63) is 54.9 Å². The summed E-state index contributed by atoms with van der Waals surface area (Å²) in [4.78, 5) is 8.75. The Morgan fingerprint density at radius 1 is 1.07 bits per heavy atom. The predicted molar refractivity (Wildman–Crippen MR) is 110 cm³/mol. The fourth-order valence-electron chi connectivity index (χ4n) is 2.78. The zero-order chi connectivity index (χ0) is 18.9. The molecular formula is C19H13N5O2S2. The average molecular weight is 407 g/mol. The Morgan fingerprint density at radius 2 is 2.00 bits per heavy atom. The molecule has 3 aromatic heterocycles. The van der Waals surface area contributed by atoms with Crippen molar-refractivity contribution in [2.45, 2.75) is 9.37 Å². The first kappa shape index (κ1) is 17.0. The number of ether oxygens (including phenoxy) is 1. The van der Waals surface area contributed by atoms with Gasteiger partial charge in [0, 0.05) is 17.1 Å². The molecule has 1 N–H and O–H groups in total. The van der Waals surface area contributed by atoms with Gasteiger partial charge in [-0.15, -0.1) is 10.2 Å². The van der Waals surface area contributed by atoms with E-state index in [-0.39, 0.29) is 0 Å². The minimum Gasteiger partial charge on any atom is -0.497 e. The lowest BCUT2D eigenvalue weighted by Gasteiger charge is -2.04. The standard InChI is InChI=1S/C19H13N5O2S2/c1-25-12-6-4-5-11(9-12)22-18-23-24-19(28-18)27-17-16-15(20-10-21-17)13-7-2-3-8-14(13)26-16/h2-10H,1H3,(H,22,23). The molecule has 2 aromatic carbocycles. The van der Waals surface area contributed by atoms with Crippen molar-refractivity contribution in [2.24, 2.45) is 0 Å². The number of furan rings is 1. The lowest BCUT2D eigenvalue weighted by molar-refractivity contribution is 0.415. The zero-order valence-corrected chi connectivity index (χ0v) is 16.3. The number of fused-ring (bicyclic) bond motifs is 3. The maximum Gasteiger partial charge on any atom is 0.210 e. The molecule has 5 aromatic rings. The van der Waals surface area contributed by atoms with Gasteiger partial charge in [-0.1, -0.05) is 29.5 Å². The third-order valence-electron chi connectivity index (χ3n) is 4.04. The Labute approximate surface area is 167 Å². The average Bonchev–Trinajstić information content (AvgIpc) is 3.33. The van der Waals surface area contributed by atoms with Gasteiger partial charge < -0.3 is 14.5 Å². The van der Waals surface area contributed by atoms with Gasteiger partial charge in [0.1, 0.15) is 28.2 Å². The molecule has 0 spiro atoms. The Hall–Kier alpha value is -3.17. The van der Waals surface area contributed by atoms with Crippen LogP contribution in [0.15, 0.2) is 68.6 Å². The summed E-state index contributed by atoms with van der Waals surface area (Å²) in [5, 5.41) is 14.1. The van der Waals surface area contributed by atoms with Gasteiger partial charge in [-0.3, -0.25) is 0 Å². The molecule has 0 radical (unpaired) electrons. The predicted octanol–water partition coefficient (Wildman–Crippen LogP) is 5.13. The number of hydrogen-bond donors (Lipinski definition) is 1. The lowest BCUT2D eigenvalue weighted by Crippen LogP contribution is -1.90. The molecule has 3 heterocycles. The van der Waals surface area contributed by atoms with E-state index in [9.17, 15) is 0 Å². The maximum absolute atomic E-state index is 5.96. The molecule has 0 saturated carbocycles. The quantitative estimate of drug-likeness (QED) is 0.401. The Balaban J connectivity index is 1.42. The molecule has 0 saturated heterocycles. The third-order valence-corrected chi connectivity index (χ3v) is 5.91. The molecule has 0 bridgehead atoms. The van der Waals surface area contributed by atoms with E-state index in [0.29, 0.717) is 15.7 Å². The minimum atomic E-state index is 0.659. The Kier molecular flexibility index (Phi) is 4.30. The van der Waals surface area contributed by atoms with Gasteiger partial charge in [-0.2, -0.15) is 0 Å². The van der Waals surface area contributed by atoms with E-state index in [0.717, 1.165) is 32.3 Å². The van der Waals surface area contributed by atoms with Crippen molar-refractivity contribution < 1.29 is 9.15 Å². The second-order valence-corrected chi connectivity index (χ2v) is 8.00. The van der Waals surface area contributed by atoms with E-state index in [2.05, 4.69) is 25.5 Å². The van der Waals surface area contributed by atoms with Crippen molar-refractivity contribution in [3.63, 3.8) is 0 Å². The molecule has 28 heavy (non-hydrogen) atoms. The molecule has 0 amide bonds. The highest BCUT2D eigenvalue weighted by molar-refractivity contribution is 8.01. The number of nitrogens with zero attached hydrogens (tertiary/aromatic N) is 4. The SMILES string of the molecule is COc1cccc(Nc2nnc(Sc3ncnc4c3oc3ccccc34)s2)c1. The van der Waals surface area contributed by atoms with Gasteiger partial charge in [0.15, 0.2) is 9.92 Å². The van der Waals surface area contributed by atoms with E-state index in [1.165, 1.54) is 23.1 Å². The zero-order valence-electron chi connectivity index (χ0n) is 14.6. The summed E-state index contributed by atoms with van der Waals surface area (Å²) >= 11 is 2.84. The largest absolute Gasteiger partial charge is 0.497 e. The number of rotatable bonds is 5. The molecular weight excluding hydrogens is 394 g/mol. The van der Waals surface area contributed by atoms with Crippen LogP contribution < -0.4 is 10.1 Å². The highest BCUT2D eigenvalue weighted by Crippen LogP contribution is 2.37. The minimum absolute atomic E-state index is 0.659. The van der Waals surface area contributed by atoms with Crippen molar-refractivity contribution in [1.82, 2.24) is 20.2 Å². The first-order chi connectivity index (χ1) is 13.8. The van der Waals surface area contributed by atoms with Gasteiger partial charge in [-0.05, 0) is 36.0 Å². The third kappa shape index (κ3) is 3.14. The van der Waals surface area contributed by atoms with Crippen molar-refractivity contribution >= 4 is 56.0 Å². The summed E-state index contributed by atoms with van der Waals surface area (Å²) in [6.07, 6.45) is 1.54. The van der Waals surface area contributed by atoms with Crippen LogP contribution in [-0.4, -0.2) is 27.3 Å². The molecule has 5 rings (SSSR count). The molecule has 0 fully saturated rings. The smallest absolute Gasteiger partial charge is 0.210 e. The summed E-state index contributed by atoms with van der Waals surface area (Å²) in [5.74, 6) is 0.775. The first-order valence-corrected chi connectivity index (χ1v) is 9.98. The molecule has 0 aliphatic rings. The number of methoxy groups -OCH3 is 1. The molecule has 9 heteroatoms. The maximum atomic E-state index is 5.96. The van der Waals surface area contributed by atoms with Crippen LogP contribution in [0.4, 0.5) is 10.8 Å². The topological polar surface area (TPSA) is 86.0 Å². The Bertz CT molecular complexity index is 1280. The van der Waals surface area contributed by atoms with Crippen LogP contribution in [0.2, 0.25) is 0 Å². The van der Waals surface area contributed by atoms with Crippen LogP contribution in [0.25, 0.3) is 22.1 Å². The van der Waals surface area contributed by atoms with Crippen molar-refractivity contribution in [3.8, 4) is 5.75 Å². The van der Waals surface area contributed by atoms with Gasteiger partial charge in [0.05, 0.1) is 7.11 Å². The fourth-order valence-corrected chi connectivity index (χ4v) is 4.50. The van der Waals surface area contributed by atoms with Crippen molar-refractivity contribution in [1.29, 1.82) is 0 Å². The fraction of sp³-hybridized carbons (Fsp3) is 0.0526. The molecule has 138 valence electrons. The second-order valence-electron chi connectivity index (χ2n) is 5.79. The van der Waals surface area contributed by atoms with Gasteiger partial charge in [0.2, 0.25) is 5.13 Å². The molecule has 0 atom stereocenters. The van der Waals surface area contributed by atoms with Crippen LogP contribution in [-0.2, 0) is 0 Å². The van der Waals surface area contributed by atoms with Crippen LogP contribution in [0.1, 0.15) is 0 Å². The number of hydrogen-bond acceptors (Lipinski definition) is 9. The number of aromatic nitrogens is 4.